The minimum absolute atomic E-state index is 0.0826. The Morgan fingerprint density at radius 2 is 2.04 bits per heavy atom. The summed E-state index contributed by atoms with van der Waals surface area (Å²) in [6.45, 7) is 1.93. The quantitative estimate of drug-likeness (QED) is 0.659. The summed E-state index contributed by atoms with van der Waals surface area (Å²) in [5.74, 6) is 1.57. The highest BCUT2D eigenvalue weighted by atomic mass is 35.5. The van der Waals surface area contributed by atoms with Crippen LogP contribution in [0.25, 0.3) is 11.4 Å². The number of ether oxygens (including phenoxy) is 1. The molecule has 0 unspecified atom stereocenters. The third-order valence-electron chi connectivity index (χ3n) is 4.11. The molecular formula is C20H20ClN3O3. The number of aromatic nitrogens is 2. The molecule has 1 aromatic heterocycles. The van der Waals surface area contributed by atoms with Gasteiger partial charge in [-0.3, -0.25) is 4.79 Å². The van der Waals surface area contributed by atoms with Crippen molar-refractivity contribution in [1.29, 1.82) is 0 Å². The fourth-order valence-corrected chi connectivity index (χ4v) is 2.80. The Morgan fingerprint density at radius 1 is 1.26 bits per heavy atom. The lowest BCUT2D eigenvalue weighted by molar-refractivity contribution is -0.121. The Bertz CT molecular complexity index is 909. The summed E-state index contributed by atoms with van der Waals surface area (Å²) in [7, 11) is 1.62. The average molecular weight is 386 g/mol. The van der Waals surface area contributed by atoms with Crippen molar-refractivity contribution in [1.82, 2.24) is 15.5 Å². The first-order valence-electron chi connectivity index (χ1n) is 8.57. The van der Waals surface area contributed by atoms with E-state index in [1.54, 1.807) is 19.2 Å². The van der Waals surface area contributed by atoms with Crippen LogP contribution in [0.5, 0.6) is 5.75 Å². The molecule has 0 aliphatic heterocycles. The van der Waals surface area contributed by atoms with Gasteiger partial charge in [0.05, 0.1) is 13.2 Å². The summed E-state index contributed by atoms with van der Waals surface area (Å²) < 4.78 is 10.4. The SMILES string of the molecule is COc1ccc([C@@H](C)NC(=O)CCc2nc(-c3cccc(Cl)c3)no2)cc1. The molecule has 1 heterocycles. The van der Waals surface area contributed by atoms with Crippen LogP contribution in [0, 0.1) is 0 Å². The Labute approximate surface area is 162 Å². The van der Waals surface area contributed by atoms with E-state index in [9.17, 15) is 4.79 Å². The van der Waals surface area contributed by atoms with Crippen molar-refractivity contribution in [3.63, 3.8) is 0 Å². The maximum Gasteiger partial charge on any atom is 0.227 e. The number of hydrogen-bond acceptors (Lipinski definition) is 5. The van der Waals surface area contributed by atoms with Crippen LogP contribution >= 0.6 is 11.6 Å². The van der Waals surface area contributed by atoms with Gasteiger partial charge in [-0.25, -0.2) is 0 Å². The van der Waals surface area contributed by atoms with Gasteiger partial charge < -0.3 is 14.6 Å². The Balaban J connectivity index is 1.53. The predicted octanol–water partition coefficient (Wildman–Crippen LogP) is 4.21. The number of hydrogen-bond donors (Lipinski definition) is 1. The molecule has 1 N–H and O–H groups in total. The summed E-state index contributed by atoms with van der Waals surface area (Å²) in [5.41, 5.74) is 1.78. The molecule has 0 aliphatic rings. The number of nitrogens with one attached hydrogen (secondary N) is 1. The lowest BCUT2D eigenvalue weighted by Gasteiger charge is -2.14. The largest absolute Gasteiger partial charge is 0.497 e. The van der Waals surface area contributed by atoms with Gasteiger partial charge in [0.25, 0.3) is 0 Å². The molecule has 3 rings (SSSR count). The first-order chi connectivity index (χ1) is 13.0. The second-order valence-corrected chi connectivity index (χ2v) is 6.52. The standard InChI is InChI=1S/C20H20ClN3O3/c1-13(14-6-8-17(26-2)9-7-14)22-18(25)10-11-19-23-20(24-27-19)15-4-3-5-16(21)12-15/h3-9,12-13H,10-11H2,1-2H3,(H,22,25)/t13-/m1/s1. The number of benzene rings is 2. The van der Waals surface area contributed by atoms with Crippen molar-refractivity contribution < 1.29 is 14.1 Å². The summed E-state index contributed by atoms with van der Waals surface area (Å²) in [5, 5.41) is 7.51. The molecule has 3 aromatic rings. The van der Waals surface area contributed by atoms with Crippen LogP contribution in [-0.2, 0) is 11.2 Å². The lowest BCUT2D eigenvalue weighted by atomic mass is 10.1. The van der Waals surface area contributed by atoms with Crippen LogP contribution in [0.2, 0.25) is 5.02 Å². The molecule has 2 aromatic carbocycles. The van der Waals surface area contributed by atoms with Crippen LogP contribution in [0.3, 0.4) is 0 Å². The normalized spacial score (nSPS) is 11.8. The molecule has 27 heavy (non-hydrogen) atoms. The van der Waals surface area contributed by atoms with Crippen LogP contribution in [-0.4, -0.2) is 23.2 Å². The minimum atomic E-state index is -0.104. The number of halogens is 1. The fraction of sp³-hybridized carbons (Fsp3) is 0.250. The van der Waals surface area contributed by atoms with Gasteiger partial charge in [-0.2, -0.15) is 4.98 Å². The molecule has 0 saturated carbocycles. The van der Waals surface area contributed by atoms with E-state index in [-0.39, 0.29) is 18.4 Å². The molecule has 0 saturated heterocycles. The fourth-order valence-electron chi connectivity index (χ4n) is 2.61. The van der Waals surface area contributed by atoms with Crippen LogP contribution < -0.4 is 10.1 Å². The van der Waals surface area contributed by atoms with Gasteiger partial charge in [-0.15, -0.1) is 0 Å². The lowest BCUT2D eigenvalue weighted by Crippen LogP contribution is -2.26. The molecule has 0 aliphatic carbocycles. The average Bonchev–Trinajstić information content (AvgIpc) is 3.15. The van der Waals surface area contributed by atoms with Crippen molar-refractivity contribution >= 4 is 17.5 Å². The molecule has 1 atom stereocenters. The maximum atomic E-state index is 12.2. The third-order valence-corrected chi connectivity index (χ3v) is 4.35. The number of nitrogens with zero attached hydrogens (tertiary/aromatic N) is 2. The highest BCUT2D eigenvalue weighted by molar-refractivity contribution is 6.30. The van der Waals surface area contributed by atoms with Crippen LogP contribution in [0.15, 0.2) is 53.1 Å². The number of aryl methyl sites for hydroxylation is 1. The zero-order valence-corrected chi connectivity index (χ0v) is 15.9. The molecule has 0 bridgehead atoms. The molecule has 0 radical (unpaired) electrons. The van der Waals surface area contributed by atoms with Gasteiger partial charge in [-0.1, -0.05) is 41.0 Å². The Kier molecular flexibility index (Phi) is 6.08. The van der Waals surface area contributed by atoms with Crippen LogP contribution in [0.4, 0.5) is 0 Å². The molecule has 7 heteroatoms. The van der Waals surface area contributed by atoms with Gasteiger partial charge in [0, 0.05) is 23.4 Å². The maximum absolute atomic E-state index is 12.2. The predicted molar refractivity (Wildman–Crippen MR) is 103 cm³/mol. The van der Waals surface area contributed by atoms with Crippen molar-refractivity contribution in [3.05, 3.63) is 65.0 Å². The van der Waals surface area contributed by atoms with E-state index >= 15 is 0 Å². The van der Waals surface area contributed by atoms with Crippen molar-refractivity contribution in [2.75, 3.05) is 7.11 Å². The smallest absolute Gasteiger partial charge is 0.227 e. The Morgan fingerprint density at radius 3 is 2.74 bits per heavy atom. The third kappa shape index (κ3) is 5.08. The molecule has 0 fully saturated rings. The van der Waals surface area contributed by atoms with Crippen LogP contribution in [0.1, 0.15) is 30.8 Å². The van der Waals surface area contributed by atoms with Crippen molar-refractivity contribution in [2.45, 2.75) is 25.8 Å². The minimum Gasteiger partial charge on any atom is -0.497 e. The summed E-state index contributed by atoms with van der Waals surface area (Å²) in [6, 6.07) is 14.7. The van der Waals surface area contributed by atoms with Gasteiger partial charge in [0.15, 0.2) is 0 Å². The van der Waals surface area contributed by atoms with Crippen molar-refractivity contribution in [2.24, 2.45) is 0 Å². The second kappa shape index (κ2) is 8.68. The zero-order chi connectivity index (χ0) is 19.2. The summed E-state index contributed by atoms with van der Waals surface area (Å²) in [6.07, 6.45) is 0.631. The van der Waals surface area contributed by atoms with Gasteiger partial charge in [-0.05, 0) is 36.8 Å². The molecule has 1 amide bonds. The van der Waals surface area contributed by atoms with Gasteiger partial charge >= 0.3 is 0 Å². The monoisotopic (exact) mass is 385 g/mol. The highest BCUT2D eigenvalue weighted by Gasteiger charge is 2.13. The van der Waals surface area contributed by atoms with E-state index in [1.807, 2.05) is 43.3 Å². The van der Waals surface area contributed by atoms with Crippen molar-refractivity contribution in [3.8, 4) is 17.1 Å². The van der Waals surface area contributed by atoms with Gasteiger partial charge in [0.1, 0.15) is 5.75 Å². The molecule has 140 valence electrons. The summed E-state index contributed by atoms with van der Waals surface area (Å²) in [4.78, 5) is 16.5. The van der Waals surface area contributed by atoms with Gasteiger partial charge in [0.2, 0.25) is 17.6 Å². The number of rotatable bonds is 7. The molecule has 6 nitrogen and oxygen atoms in total. The molecule has 0 spiro atoms. The van der Waals surface area contributed by atoms with E-state index < -0.39 is 0 Å². The number of carbonyl (C=O) groups excluding carboxylic acids is 1. The second-order valence-electron chi connectivity index (χ2n) is 6.08. The summed E-state index contributed by atoms with van der Waals surface area (Å²) >= 11 is 5.97. The Hall–Kier alpha value is -2.86. The van der Waals surface area contributed by atoms with E-state index in [1.165, 1.54) is 0 Å². The van der Waals surface area contributed by atoms with E-state index in [2.05, 4.69) is 15.5 Å². The number of carbonyl (C=O) groups is 1. The first-order valence-corrected chi connectivity index (χ1v) is 8.95. The first kappa shape index (κ1) is 18.9. The van der Waals surface area contributed by atoms with E-state index in [0.717, 1.165) is 16.9 Å². The highest BCUT2D eigenvalue weighted by Crippen LogP contribution is 2.20. The topological polar surface area (TPSA) is 77.2 Å². The number of amides is 1. The van der Waals surface area contributed by atoms with E-state index in [4.69, 9.17) is 20.9 Å². The van der Waals surface area contributed by atoms with E-state index in [0.29, 0.717) is 23.2 Å². The number of methoxy groups -OCH3 is 1. The zero-order valence-electron chi connectivity index (χ0n) is 15.1. The molecular weight excluding hydrogens is 366 g/mol.